The van der Waals surface area contributed by atoms with Gasteiger partial charge in [0.15, 0.2) is 17.1 Å². The first kappa shape index (κ1) is 22.0. The van der Waals surface area contributed by atoms with E-state index in [1.807, 2.05) is 45.0 Å². The number of benzene rings is 2. The van der Waals surface area contributed by atoms with Crippen LogP contribution in [0.5, 0.6) is 5.75 Å². The van der Waals surface area contributed by atoms with Crippen molar-refractivity contribution in [3.05, 3.63) is 83.1 Å². The molecule has 1 unspecified atom stereocenters. The molecule has 1 aliphatic rings. The van der Waals surface area contributed by atoms with E-state index in [9.17, 15) is 9.59 Å². The van der Waals surface area contributed by atoms with Crippen LogP contribution in [0.4, 0.5) is 0 Å². The van der Waals surface area contributed by atoms with E-state index in [0.717, 1.165) is 33.7 Å². The number of amides is 2. The number of fused-ring (bicyclic) bond motifs is 4. The highest BCUT2D eigenvalue weighted by Crippen LogP contribution is 2.34. The lowest BCUT2D eigenvalue weighted by Gasteiger charge is -2.22. The van der Waals surface area contributed by atoms with E-state index >= 15 is 0 Å². The zero-order chi connectivity index (χ0) is 25.1. The molecule has 6 rings (SSSR count). The Kier molecular flexibility index (Phi) is 4.89. The number of hydrogen-bond donors (Lipinski definition) is 0. The number of imide groups is 1. The minimum absolute atomic E-state index is 0.319. The lowest BCUT2D eigenvalue weighted by atomic mass is 10.1. The molecule has 4 heterocycles. The molecule has 0 saturated heterocycles. The summed E-state index contributed by atoms with van der Waals surface area (Å²) in [4.78, 5) is 37.1. The molecule has 0 spiro atoms. The van der Waals surface area contributed by atoms with Gasteiger partial charge >= 0.3 is 0 Å². The minimum Gasteiger partial charge on any atom is -0.497 e. The zero-order valence-electron chi connectivity index (χ0n) is 20.4. The maximum absolute atomic E-state index is 13.1. The van der Waals surface area contributed by atoms with Gasteiger partial charge in [-0.3, -0.25) is 19.1 Å². The highest BCUT2D eigenvalue weighted by Gasteiger charge is 2.41. The Morgan fingerprint density at radius 1 is 0.972 bits per heavy atom. The zero-order valence-corrected chi connectivity index (χ0v) is 20.4. The molecule has 0 N–H and O–H groups in total. The van der Waals surface area contributed by atoms with E-state index in [4.69, 9.17) is 14.7 Å². The van der Waals surface area contributed by atoms with Crippen LogP contribution in [0.2, 0.25) is 0 Å². The van der Waals surface area contributed by atoms with Gasteiger partial charge in [0, 0.05) is 11.8 Å². The van der Waals surface area contributed by atoms with E-state index in [-0.39, 0.29) is 11.8 Å². The van der Waals surface area contributed by atoms with Crippen molar-refractivity contribution in [1.29, 1.82) is 0 Å². The van der Waals surface area contributed by atoms with Crippen LogP contribution in [-0.2, 0) is 0 Å². The Balaban J connectivity index is 1.50. The molecule has 1 aliphatic heterocycles. The van der Waals surface area contributed by atoms with Crippen LogP contribution < -0.4 is 4.74 Å². The average Bonchev–Trinajstić information content (AvgIpc) is 3.52. The molecule has 1 atom stereocenters. The summed E-state index contributed by atoms with van der Waals surface area (Å²) in [6.45, 7) is 5.99. The normalized spacial score (nSPS) is 14.2. The van der Waals surface area contributed by atoms with Crippen LogP contribution in [0.1, 0.15) is 57.2 Å². The summed E-state index contributed by atoms with van der Waals surface area (Å²) in [7, 11) is 1.64. The highest BCUT2D eigenvalue weighted by molar-refractivity contribution is 6.21. The van der Waals surface area contributed by atoms with Crippen LogP contribution in [0.3, 0.4) is 0 Å². The fourth-order valence-electron chi connectivity index (χ4n) is 5.06. The van der Waals surface area contributed by atoms with Crippen LogP contribution in [0.25, 0.3) is 22.4 Å². The fraction of sp³-hybridized carbons (Fsp3) is 0.222. The van der Waals surface area contributed by atoms with Crippen LogP contribution >= 0.6 is 0 Å². The molecule has 2 aromatic carbocycles. The van der Waals surface area contributed by atoms with Crippen molar-refractivity contribution in [2.24, 2.45) is 0 Å². The van der Waals surface area contributed by atoms with Gasteiger partial charge < -0.3 is 4.74 Å². The molecule has 2 amide bonds. The van der Waals surface area contributed by atoms with E-state index in [0.29, 0.717) is 29.0 Å². The number of nitrogens with zero attached hydrogens (tertiary/aromatic N) is 6. The standard InChI is InChI=1S/C27H24N6O3/c1-5-21(33-26(34)19-11-6-7-12-20(19)27(33)35)23-29-25-22-15(2)16(3)32(24(22)28-14-31(25)30-23)17-9-8-10-18(13-17)36-4/h6-14,21H,5H2,1-4H3. The number of hydrogen-bond acceptors (Lipinski definition) is 6. The second-order valence-corrected chi connectivity index (χ2v) is 8.88. The number of aromatic nitrogens is 5. The largest absolute Gasteiger partial charge is 0.497 e. The Bertz CT molecular complexity index is 1660. The first-order valence-electron chi connectivity index (χ1n) is 11.8. The van der Waals surface area contributed by atoms with E-state index in [1.54, 1.807) is 42.2 Å². The van der Waals surface area contributed by atoms with Crippen LogP contribution in [-0.4, -0.2) is 48.0 Å². The van der Waals surface area contributed by atoms with Crippen molar-refractivity contribution in [2.75, 3.05) is 7.11 Å². The first-order chi connectivity index (χ1) is 17.4. The third-order valence-corrected chi connectivity index (χ3v) is 6.98. The van der Waals surface area contributed by atoms with E-state index in [2.05, 4.69) is 9.67 Å². The average molecular weight is 481 g/mol. The number of carbonyl (C=O) groups is 2. The summed E-state index contributed by atoms with van der Waals surface area (Å²) < 4.78 is 9.12. The fourth-order valence-corrected chi connectivity index (χ4v) is 5.06. The lowest BCUT2D eigenvalue weighted by molar-refractivity contribution is 0.0570. The molecule has 36 heavy (non-hydrogen) atoms. The monoisotopic (exact) mass is 480 g/mol. The van der Waals surface area contributed by atoms with Crippen molar-refractivity contribution in [3.8, 4) is 11.4 Å². The molecule has 0 saturated carbocycles. The quantitative estimate of drug-likeness (QED) is 0.345. The maximum Gasteiger partial charge on any atom is 0.262 e. The number of aryl methyl sites for hydroxylation is 1. The Labute approximate surface area is 207 Å². The molecule has 9 nitrogen and oxygen atoms in total. The van der Waals surface area contributed by atoms with Gasteiger partial charge in [0.25, 0.3) is 11.8 Å². The summed E-state index contributed by atoms with van der Waals surface area (Å²) >= 11 is 0. The summed E-state index contributed by atoms with van der Waals surface area (Å²) in [6, 6.07) is 14.1. The molecule has 0 bridgehead atoms. The second kappa shape index (κ2) is 8.01. The van der Waals surface area contributed by atoms with Crippen LogP contribution in [0.15, 0.2) is 54.9 Å². The third-order valence-electron chi connectivity index (χ3n) is 6.98. The number of ether oxygens (including phenoxy) is 1. The predicted molar refractivity (Wildman–Crippen MR) is 134 cm³/mol. The summed E-state index contributed by atoms with van der Waals surface area (Å²) in [5, 5.41) is 5.53. The smallest absolute Gasteiger partial charge is 0.262 e. The van der Waals surface area contributed by atoms with Gasteiger partial charge in [-0.05, 0) is 50.1 Å². The Morgan fingerprint density at radius 3 is 2.36 bits per heavy atom. The maximum atomic E-state index is 13.1. The molecule has 0 aliphatic carbocycles. The van der Waals surface area contributed by atoms with Gasteiger partial charge in [-0.15, -0.1) is 5.10 Å². The van der Waals surface area contributed by atoms with Gasteiger partial charge in [0.05, 0.1) is 29.3 Å². The van der Waals surface area contributed by atoms with Crippen molar-refractivity contribution < 1.29 is 14.3 Å². The summed E-state index contributed by atoms with van der Waals surface area (Å²) in [5.41, 5.74) is 5.19. The van der Waals surface area contributed by atoms with Gasteiger partial charge in [-0.2, -0.15) is 0 Å². The molecule has 0 fully saturated rings. The van der Waals surface area contributed by atoms with Gasteiger partial charge in [-0.25, -0.2) is 14.5 Å². The topological polar surface area (TPSA) is 94.6 Å². The SMILES string of the molecule is CCC(c1nc2c3c(C)c(C)n(-c4cccc(OC)c4)c3ncn2n1)N1C(=O)c2ccccc2C1=O. The molecule has 0 radical (unpaired) electrons. The second-order valence-electron chi connectivity index (χ2n) is 8.88. The lowest BCUT2D eigenvalue weighted by Crippen LogP contribution is -2.34. The molecular formula is C27H24N6O3. The van der Waals surface area contributed by atoms with Crippen molar-refractivity contribution in [2.45, 2.75) is 33.2 Å². The minimum atomic E-state index is -0.589. The van der Waals surface area contributed by atoms with Crippen LogP contribution in [0, 0.1) is 13.8 Å². The van der Waals surface area contributed by atoms with E-state index < -0.39 is 6.04 Å². The van der Waals surface area contributed by atoms with Crippen molar-refractivity contribution >= 4 is 28.5 Å². The van der Waals surface area contributed by atoms with Gasteiger partial charge in [0.2, 0.25) is 0 Å². The molecular weight excluding hydrogens is 456 g/mol. The van der Waals surface area contributed by atoms with E-state index in [1.165, 1.54) is 4.90 Å². The highest BCUT2D eigenvalue weighted by atomic mass is 16.5. The summed E-state index contributed by atoms with van der Waals surface area (Å²) in [5.74, 6) is 0.526. The number of rotatable bonds is 5. The summed E-state index contributed by atoms with van der Waals surface area (Å²) in [6.07, 6.45) is 2.11. The van der Waals surface area contributed by atoms with Crippen molar-refractivity contribution in [1.82, 2.24) is 29.0 Å². The number of carbonyl (C=O) groups excluding carboxylic acids is 2. The Morgan fingerprint density at radius 2 is 1.69 bits per heavy atom. The number of methoxy groups -OCH3 is 1. The van der Waals surface area contributed by atoms with Crippen molar-refractivity contribution in [3.63, 3.8) is 0 Å². The molecule has 3 aromatic heterocycles. The molecule has 5 aromatic rings. The Hall–Kier alpha value is -4.53. The predicted octanol–water partition coefficient (Wildman–Crippen LogP) is 4.44. The van der Waals surface area contributed by atoms with Gasteiger partial charge in [0.1, 0.15) is 18.1 Å². The first-order valence-corrected chi connectivity index (χ1v) is 11.8. The third kappa shape index (κ3) is 2.98. The molecule has 180 valence electrons. The van der Waals surface area contributed by atoms with Gasteiger partial charge in [-0.1, -0.05) is 25.1 Å². The molecule has 9 heteroatoms.